The van der Waals surface area contributed by atoms with Gasteiger partial charge in [-0.1, -0.05) is 12.1 Å². The van der Waals surface area contributed by atoms with Crippen molar-refractivity contribution in [3.8, 4) is 0 Å². The standard InChI is InChI=1S/C15H16N4O/c20-15(13-5-1-3-7-16-13)19-11-9-18(10-12-19)14-6-2-4-8-17-14/h1-8H,9-12H2/p+1. The largest absolute Gasteiger partial charge is 0.329 e. The maximum atomic E-state index is 12.3. The highest BCUT2D eigenvalue weighted by atomic mass is 16.2. The number of amides is 1. The van der Waals surface area contributed by atoms with E-state index in [2.05, 4.69) is 20.9 Å². The highest BCUT2D eigenvalue weighted by Gasteiger charge is 2.26. The number of nitrogens with zero attached hydrogens (tertiary/aromatic N) is 3. The van der Waals surface area contributed by atoms with Crippen molar-refractivity contribution in [2.45, 2.75) is 0 Å². The van der Waals surface area contributed by atoms with Crippen molar-refractivity contribution >= 4 is 11.7 Å². The second-order valence-corrected chi connectivity index (χ2v) is 4.74. The van der Waals surface area contributed by atoms with Gasteiger partial charge in [0.2, 0.25) is 0 Å². The number of rotatable bonds is 2. The number of piperazine rings is 1. The Bertz CT molecular complexity index is 565. The summed E-state index contributed by atoms with van der Waals surface area (Å²) in [5.41, 5.74) is 0.521. The van der Waals surface area contributed by atoms with Crippen LogP contribution in [0.2, 0.25) is 0 Å². The number of carbonyl (C=O) groups excluding carboxylic acids is 1. The zero-order chi connectivity index (χ0) is 13.8. The summed E-state index contributed by atoms with van der Waals surface area (Å²) < 4.78 is 0. The van der Waals surface area contributed by atoms with Gasteiger partial charge in [-0.05, 0) is 18.2 Å². The van der Waals surface area contributed by atoms with E-state index in [9.17, 15) is 4.79 Å². The third-order valence-corrected chi connectivity index (χ3v) is 3.48. The summed E-state index contributed by atoms with van der Waals surface area (Å²) in [6.45, 7) is 3.11. The minimum Gasteiger partial charge on any atom is -0.329 e. The van der Waals surface area contributed by atoms with E-state index < -0.39 is 0 Å². The van der Waals surface area contributed by atoms with Gasteiger partial charge in [0.05, 0.1) is 19.3 Å². The molecule has 1 aliphatic heterocycles. The Morgan fingerprint density at radius 2 is 1.85 bits per heavy atom. The molecule has 0 aromatic carbocycles. The van der Waals surface area contributed by atoms with Crippen LogP contribution in [0.3, 0.4) is 0 Å². The number of carbonyl (C=O) groups is 1. The topological polar surface area (TPSA) is 50.6 Å². The van der Waals surface area contributed by atoms with Gasteiger partial charge in [-0.2, -0.15) is 0 Å². The predicted octanol–water partition coefficient (Wildman–Crippen LogP) is 0.858. The van der Waals surface area contributed by atoms with Gasteiger partial charge >= 0.3 is 0 Å². The highest BCUT2D eigenvalue weighted by Crippen LogP contribution is 2.11. The lowest BCUT2D eigenvalue weighted by atomic mass is 10.2. The van der Waals surface area contributed by atoms with Gasteiger partial charge in [-0.15, -0.1) is 0 Å². The van der Waals surface area contributed by atoms with Crippen molar-refractivity contribution in [1.29, 1.82) is 0 Å². The van der Waals surface area contributed by atoms with E-state index in [4.69, 9.17) is 0 Å². The first-order chi connectivity index (χ1) is 9.84. The molecule has 102 valence electrons. The zero-order valence-corrected chi connectivity index (χ0v) is 11.2. The summed E-state index contributed by atoms with van der Waals surface area (Å²) in [5.74, 6) is 1.11. The minimum absolute atomic E-state index is 0.0160. The molecule has 1 saturated heterocycles. The molecule has 5 nitrogen and oxygen atoms in total. The van der Waals surface area contributed by atoms with E-state index in [-0.39, 0.29) is 5.91 Å². The maximum Gasteiger partial charge on any atom is 0.274 e. The Kier molecular flexibility index (Phi) is 3.58. The molecular weight excluding hydrogens is 252 g/mol. The lowest BCUT2D eigenvalue weighted by molar-refractivity contribution is -0.364. The van der Waals surface area contributed by atoms with E-state index >= 15 is 0 Å². The van der Waals surface area contributed by atoms with E-state index in [0.29, 0.717) is 5.69 Å². The number of hydrogen-bond acceptors (Lipinski definition) is 3. The molecule has 0 spiro atoms. The van der Waals surface area contributed by atoms with Crippen molar-refractivity contribution in [2.75, 3.05) is 31.1 Å². The Hall–Kier alpha value is -2.43. The molecule has 1 N–H and O–H groups in total. The van der Waals surface area contributed by atoms with Crippen molar-refractivity contribution in [3.63, 3.8) is 0 Å². The Balaban J connectivity index is 1.63. The smallest absolute Gasteiger partial charge is 0.274 e. The molecule has 0 unspecified atom stereocenters. The number of anilines is 1. The van der Waals surface area contributed by atoms with Crippen LogP contribution in [0.1, 0.15) is 10.5 Å². The molecule has 3 heterocycles. The normalized spacial score (nSPS) is 15.2. The molecule has 5 heteroatoms. The molecule has 1 amide bonds. The number of pyridine rings is 2. The molecule has 2 aromatic heterocycles. The predicted molar refractivity (Wildman–Crippen MR) is 75.4 cm³/mol. The lowest BCUT2D eigenvalue weighted by Gasteiger charge is -2.30. The molecule has 1 aliphatic rings. The monoisotopic (exact) mass is 269 g/mol. The lowest BCUT2D eigenvalue weighted by Crippen LogP contribution is -2.50. The molecule has 0 bridgehead atoms. The fourth-order valence-electron chi connectivity index (χ4n) is 2.38. The van der Waals surface area contributed by atoms with Crippen LogP contribution in [0.4, 0.5) is 5.82 Å². The van der Waals surface area contributed by atoms with Crippen molar-refractivity contribution < 1.29 is 9.78 Å². The number of aromatic amines is 1. The molecule has 3 rings (SSSR count). The van der Waals surface area contributed by atoms with Gasteiger partial charge in [0.25, 0.3) is 11.7 Å². The summed E-state index contributed by atoms with van der Waals surface area (Å²) in [7, 11) is 0. The van der Waals surface area contributed by atoms with Crippen LogP contribution in [0.25, 0.3) is 0 Å². The molecule has 1 fully saturated rings. The average molecular weight is 269 g/mol. The molecule has 0 saturated carbocycles. The summed E-state index contributed by atoms with van der Waals surface area (Å²) in [6.07, 6.45) is 3.57. The van der Waals surface area contributed by atoms with Gasteiger partial charge in [0.15, 0.2) is 0 Å². The van der Waals surface area contributed by atoms with E-state index in [0.717, 1.165) is 32.0 Å². The summed E-state index contributed by atoms with van der Waals surface area (Å²) in [5, 5.41) is 0. The van der Waals surface area contributed by atoms with Crippen molar-refractivity contribution in [1.82, 2.24) is 9.88 Å². The summed E-state index contributed by atoms with van der Waals surface area (Å²) in [6, 6.07) is 11.5. The minimum atomic E-state index is 0.0160. The highest BCUT2D eigenvalue weighted by molar-refractivity contribution is 5.92. The fourth-order valence-corrected chi connectivity index (χ4v) is 2.38. The second-order valence-electron chi connectivity index (χ2n) is 4.74. The van der Waals surface area contributed by atoms with Gasteiger partial charge < -0.3 is 4.90 Å². The summed E-state index contributed by atoms with van der Waals surface area (Å²) in [4.78, 5) is 23.7. The SMILES string of the molecule is O=C(c1ccccn1)N1CCN(c2cccc[nH+]2)CC1. The van der Waals surface area contributed by atoms with Gasteiger partial charge in [-0.3, -0.25) is 14.7 Å². The van der Waals surface area contributed by atoms with Crippen molar-refractivity contribution in [2.24, 2.45) is 0 Å². The van der Waals surface area contributed by atoms with Gasteiger partial charge in [0.1, 0.15) is 18.8 Å². The second kappa shape index (κ2) is 5.69. The third kappa shape index (κ3) is 2.61. The average Bonchev–Trinajstić information content (AvgIpc) is 2.56. The van der Waals surface area contributed by atoms with Crippen LogP contribution in [0, 0.1) is 0 Å². The Labute approximate surface area is 117 Å². The molecule has 0 radical (unpaired) electrons. The quantitative estimate of drug-likeness (QED) is 0.812. The van der Waals surface area contributed by atoms with Crippen LogP contribution in [-0.4, -0.2) is 42.0 Å². The van der Waals surface area contributed by atoms with Crippen LogP contribution in [0.15, 0.2) is 48.8 Å². The molecule has 0 atom stereocenters. The number of aromatic nitrogens is 2. The molecular formula is C15H17N4O+. The first kappa shape index (κ1) is 12.6. The van der Waals surface area contributed by atoms with E-state index in [1.54, 1.807) is 12.3 Å². The van der Waals surface area contributed by atoms with Gasteiger partial charge in [-0.25, -0.2) is 4.98 Å². The number of H-pyrrole nitrogens is 1. The van der Waals surface area contributed by atoms with Crippen molar-refractivity contribution in [3.05, 3.63) is 54.5 Å². The Morgan fingerprint density at radius 3 is 2.50 bits per heavy atom. The van der Waals surface area contributed by atoms with E-state index in [1.165, 1.54) is 0 Å². The first-order valence-electron chi connectivity index (χ1n) is 6.76. The first-order valence-corrected chi connectivity index (χ1v) is 6.76. The Morgan fingerprint density at radius 1 is 1.05 bits per heavy atom. The molecule has 0 aliphatic carbocycles. The van der Waals surface area contributed by atoms with Crippen LogP contribution in [0.5, 0.6) is 0 Å². The van der Waals surface area contributed by atoms with Crippen LogP contribution >= 0.6 is 0 Å². The summed E-state index contributed by atoms with van der Waals surface area (Å²) >= 11 is 0. The number of nitrogens with one attached hydrogen (secondary N) is 1. The van der Waals surface area contributed by atoms with E-state index in [1.807, 2.05) is 35.4 Å². The maximum absolute atomic E-state index is 12.3. The van der Waals surface area contributed by atoms with Crippen LogP contribution in [-0.2, 0) is 0 Å². The van der Waals surface area contributed by atoms with Gasteiger partial charge in [0, 0.05) is 12.3 Å². The zero-order valence-electron chi connectivity index (χ0n) is 11.2. The van der Waals surface area contributed by atoms with Crippen LogP contribution < -0.4 is 9.88 Å². The molecule has 20 heavy (non-hydrogen) atoms. The number of hydrogen-bond donors (Lipinski definition) is 0. The third-order valence-electron chi connectivity index (χ3n) is 3.48. The fraction of sp³-hybridized carbons (Fsp3) is 0.267. The molecule has 2 aromatic rings.